The third-order valence-corrected chi connectivity index (χ3v) is 1.95. The Kier molecular flexibility index (Phi) is 3.89. The first kappa shape index (κ1) is 10.2. The third-order valence-electron chi connectivity index (χ3n) is 1.95. The van der Waals surface area contributed by atoms with Crippen molar-refractivity contribution in [1.82, 2.24) is 9.78 Å². The van der Waals surface area contributed by atoms with E-state index in [1.54, 1.807) is 17.1 Å². The standard InChI is InChI=1S/C9H15FN2O/c1-2-9(13)8-6-11-12(7-8)5-3-4-10/h6-7,9,13H,2-5H2,1H3. The molecule has 0 aliphatic rings. The molecule has 1 unspecified atom stereocenters. The zero-order valence-corrected chi connectivity index (χ0v) is 7.78. The van der Waals surface area contributed by atoms with Gasteiger partial charge in [-0.3, -0.25) is 9.07 Å². The lowest BCUT2D eigenvalue weighted by atomic mass is 10.2. The molecule has 1 N–H and O–H groups in total. The number of aliphatic hydroxyl groups excluding tert-OH is 1. The van der Waals surface area contributed by atoms with Crippen molar-refractivity contribution in [2.24, 2.45) is 0 Å². The SMILES string of the molecule is CCC(O)c1cnn(CCCF)c1. The van der Waals surface area contributed by atoms with Gasteiger partial charge in [0.05, 0.1) is 19.0 Å². The van der Waals surface area contributed by atoms with Crippen molar-refractivity contribution in [3.8, 4) is 0 Å². The summed E-state index contributed by atoms with van der Waals surface area (Å²) in [5, 5.41) is 13.5. The maximum absolute atomic E-state index is 11.8. The molecule has 0 fully saturated rings. The van der Waals surface area contributed by atoms with Crippen molar-refractivity contribution in [2.45, 2.75) is 32.4 Å². The van der Waals surface area contributed by atoms with Crippen molar-refractivity contribution >= 4 is 0 Å². The minimum atomic E-state index is -0.445. The van der Waals surface area contributed by atoms with Crippen molar-refractivity contribution in [3.63, 3.8) is 0 Å². The number of hydrogen-bond donors (Lipinski definition) is 1. The maximum Gasteiger partial charge on any atom is 0.0912 e. The molecule has 74 valence electrons. The van der Waals surface area contributed by atoms with Gasteiger partial charge in [0, 0.05) is 18.3 Å². The van der Waals surface area contributed by atoms with Crippen LogP contribution in [0.5, 0.6) is 0 Å². The summed E-state index contributed by atoms with van der Waals surface area (Å²) < 4.78 is 13.5. The maximum atomic E-state index is 11.8. The lowest BCUT2D eigenvalue weighted by molar-refractivity contribution is 0.173. The van der Waals surface area contributed by atoms with Crippen LogP contribution in [0.15, 0.2) is 12.4 Å². The molecule has 0 saturated heterocycles. The first-order chi connectivity index (χ1) is 6.27. The van der Waals surface area contributed by atoms with Crippen LogP contribution < -0.4 is 0 Å². The van der Waals surface area contributed by atoms with Crippen LogP contribution in [-0.4, -0.2) is 21.6 Å². The summed E-state index contributed by atoms with van der Waals surface area (Å²) in [4.78, 5) is 0. The van der Waals surface area contributed by atoms with Crippen molar-refractivity contribution in [3.05, 3.63) is 18.0 Å². The highest BCUT2D eigenvalue weighted by Gasteiger charge is 2.06. The minimum absolute atomic E-state index is 0.328. The smallest absolute Gasteiger partial charge is 0.0912 e. The van der Waals surface area contributed by atoms with Crippen LogP contribution in [-0.2, 0) is 6.54 Å². The van der Waals surface area contributed by atoms with Crippen LogP contribution >= 0.6 is 0 Å². The number of rotatable bonds is 5. The van der Waals surface area contributed by atoms with E-state index in [-0.39, 0.29) is 6.67 Å². The van der Waals surface area contributed by atoms with Crippen LogP contribution in [0.1, 0.15) is 31.4 Å². The van der Waals surface area contributed by atoms with E-state index in [0.717, 1.165) is 5.56 Å². The van der Waals surface area contributed by atoms with Crippen LogP contribution in [0.3, 0.4) is 0 Å². The van der Waals surface area contributed by atoms with E-state index in [1.165, 1.54) is 0 Å². The number of aliphatic hydroxyl groups is 1. The first-order valence-electron chi connectivity index (χ1n) is 4.54. The monoisotopic (exact) mass is 186 g/mol. The van der Waals surface area contributed by atoms with Gasteiger partial charge in [-0.2, -0.15) is 5.10 Å². The summed E-state index contributed by atoms with van der Waals surface area (Å²) in [7, 11) is 0. The summed E-state index contributed by atoms with van der Waals surface area (Å²) in [5.74, 6) is 0. The predicted molar refractivity (Wildman–Crippen MR) is 48.1 cm³/mol. The van der Waals surface area contributed by atoms with Crippen LogP contribution in [0.2, 0.25) is 0 Å². The number of aryl methyl sites for hydroxylation is 1. The van der Waals surface area contributed by atoms with Gasteiger partial charge in [-0.05, 0) is 12.8 Å². The molecule has 0 spiro atoms. The highest BCUT2D eigenvalue weighted by molar-refractivity contribution is 5.07. The minimum Gasteiger partial charge on any atom is -0.388 e. The topological polar surface area (TPSA) is 38.1 Å². The van der Waals surface area contributed by atoms with Gasteiger partial charge in [-0.15, -0.1) is 0 Å². The molecule has 4 heteroatoms. The van der Waals surface area contributed by atoms with Gasteiger partial charge in [0.15, 0.2) is 0 Å². The third kappa shape index (κ3) is 2.81. The van der Waals surface area contributed by atoms with Crippen LogP contribution in [0, 0.1) is 0 Å². The van der Waals surface area contributed by atoms with E-state index in [1.807, 2.05) is 6.92 Å². The molecule has 13 heavy (non-hydrogen) atoms. The zero-order chi connectivity index (χ0) is 9.68. The Morgan fingerprint density at radius 3 is 3.08 bits per heavy atom. The second-order valence-corrected chi connectivity index (χ2v) is 3.00. The Bertz CT molecular complexity index is 250. The van der Waals surface area contributed by atoms with Crippen LogP contribution in [0.25, 0.3) is 0 Å². The Balaban J connectivity index is 2.53. The average molecular weight is 186 g/mol. The highest BCUT2D eigenvalue weighted by atomic mass is 19.1. The van der Waals surface area contributed by atoms with Crippen molar-refractivity contribution < 1.29 is 9.50 Å². The van der Waals surface area contributed by atoms with E-state index in [9.17, 15) is 9.50 Å². The summed E-state index contributed by atoms with van der Waals surface area (Å²) in [6.07, 6.45) is 4.10. The second kappa shape index (κ2) is 4.97. The number of halogens is 1. The quantitative estimate of drug-likeness (QED) is 0.759. The highest BCUT2D eigenvalue weighted by Crippen LogP contribution is 2.14. The van der Waals surface area contributed by atoms with E-state index in [0.29, 0.717) is 19.4 Å². The number of aromatic nitrogens is 2. The van der Waals surface area contributed by atoms with Crippen LogP contribution in [0.4, 0.5) is 4.39 Å². The summed E-state index contributed by atoms with van der Waals surface area (Å²) in [6, 6.07) is 0. The molecule has 0 bridgehead atoms. The largest absolute Gasteiger partial charge is 0.388 e. The molecule has 1 aromatic rings. The molecule has 1 atom stereocenters. The van der Waals surface area contributed by atoms with Gasteiger partial charge in [0.25, 0.3) is 0 Å². The van der Waals surface area contributed by atoms with Crippen molar-refractivity contribution in [2.75, 3.05) is 6.67 Å². The van der Waals surface area contributed by atoms with Gasteiger partial charge in [-0.1, -0.05) is 6.92 Å². The number of nitrogens with zero attached hydrogens (tertiary/aromatic N) is 2. The van der Waals surface area contributed by atoms with Gasteiger partial charge < -0.3 is 5.11 Å². The van der Waals surface area contributed by atoms with Gasteiger partial charge >= 0.3 is 0 Å². The number of hydrogen-bond acceptors (Lipinski definition) is 2. The fourth-order valence-electron chi connectivity index (χ4n) is 1.13. The lowest BCUT2D eigenvalue weighted by Gasteiger charge is -2.02. The van der Waals surface area contributed by atoms with E-state index >= 15 is 0 Å². The zero-order valence-electron chi connectivity index (χ0n) is 7.78. The molecule has 0 saturated carbocycles. The molecule has 0 aliphatic heterocycles. The van der Waals surface area contributed by atoms with Gasteiger partial charge in [0.2, 0.25) is 0 Å². The summed E-state index contributed by atoms with van der Waals surface area (Å²) in [5.41, 5.74) is 0.807. The lowest BCUT2D eigenvalue weighted by Crippen LogP contribution is -1.99. The normalized spacial score (nSPS) is 13.2. The molecule has 1 heterocycles. The van der Waals surface area contributed by atoms with E-state index < -0.39 is 6.10 Å². The molecule has 0 aliphatic carbocycles. The molecule has 0 amide bonds. The predicted octanol–water partition coefficient (Wildman–Crippen LogP) is 1.69. The first-order valence-corrected chi connectivity index (χ1v) is 4.54. The molecule has 1 rings (SSSR count). The van der Waals surface area contributed by atoms with Crippen molar-refractivity contribution in [1.29, 1.82) is 0 Å². The molecule has 1 aromatic heterocycles. The fourth-order valence-corrected chi connectivity index (χ4v) is 1.13. The average Bonchev–Trinajstić information content (AvgIpc) is 2.62. The fraction of sp³-hybridized carbons (Fsp3) is 0.667. The Morgan fingerprint density at radius 2 is 2.46 bits per heavy atom. The molecule has 0 radical (unpaired) electrons. The molecular formula is C9H15FN2O. The second-order valence-electron chi connectivity index (χ2n) is 3.00. The Hall–Kier alpha value is -0.900. The molecular weight excluding hydrogens is 171 g/mol. The molecule has 0 aromatic carbocycles. The number of alkyl halides is 1. The van der Waals surface area contributed by atoms with E-state index in [4.69, 9.17) is 0 Å². The Morgan fingerprint density at radius 1 is 1.69 bits per heavy atom. The summed E-state index contributed by atoms with van der Waals surface area (Å²) in [6.45, 7) is 2.15. The molecule has 3 nitrogen and oxygen atoms in total. The van der Waals surface area contributed by atoms with E-state index in [2.05, 4.69) is 5.10 Å². The van der Waals surface area contributed by atoms with Gasteiger partial charge in [0.1, 0.15) is 0 Å². The summed E-state index contributed by atoms with van der Waals surface area (Å²) >= 11 is 0. The van der Waals surface area contributed by atoms with Gasteiger partial charge in [-0.25, -0.2) is 0 Å². The Labute approximate surface area is 77.2 Å².